The molecule has 2 aromatic heterocycles. The van der Waals surface area contributed by atoms with Gasteiger partial charge in [0, 0.05) is 31.7 Å². The highest BCUT2D eigenvalue weighted by atomic mass is 16.5. The molecule has 3 heterocycles. The highest BCUT2D eigenvalue weighted by Crippen LogP contribution is 2.25. The predicted molar refractivity (Wildman–Crippen MR) is 68.6 cm³/mol. The van der Waals surface area contributed by atoms with Crippen LogP contribution in [0.2, 0.25) is 0 Å². The number of aromatic amines is 1. The van der Waals surface area contributed by atoms with E-state index in [-0.39, 0.29) is 11.9 Å². The molecule has 1 saturated heterocycles. The van der Waals surface area contributed by atoms with Crippen molar-refractivity contribution < 1.29 is 9.53 Å². The minimum atomic E-state index is -0.0513. The molecule has 1 aliphatic rings. The van der Waals surface area contributed by atoms with Crippen molar-refractivity contribution in [3.63, 3.8) is 0 Å². The number of carbonyl (C=O) groups is 1. The van der Waals surface area contributed by atoms with Gasteiger partial charge in [-0.05, 0) is 18.2 Å². The average Bonchev–Trinajstić information content (AvgIpc) is 3.09. The van der Waals surface area contributed by atoms with Gasteiger partial charge in [0.15, 0.2) is 0 Å². The third-order valence-electron chi connectivity index (χ3n) is 3.45. The average molecular weight is 260 g/mol. The number of carbonyl (C=O) groups excluding carboxylic acids is 1. The van der Waals surface area contributed by atoms with E-state index in [1.54, 1.807) is 12.3 Å². The summed E-state index contributed by atoms with van der Waals surface area (Å²) in [6.45, 7) is 1.69. The number of ether oxygens (including phenoxy) is 1. The summed E-state index contributed by atoms with van der Waals surface area (Å²) in [5, 5.41) is 6.56. The Morgan fingerprint density at radius 1 is 1.53 bits per heavy atom. The molecule has 0 radical (unpaired) electrons. The van der Waals surface area contributed by atoms with Gasteiger partial charge >= 0.3 is 0 Å². The molecule has 1 N–H and O–H groups in total. The first-order valence-corrected chi connectivity index (χ1v) is 6.26. The van der Waals surface area contributed by atoms with Crippen LogP contribution in [0.3, 0.4) is 0 Å². The van der Waals surface area contributed by atoms with E-state index in [0.717, 1.165) is 5.69 Å². The van der Waals surface area contributed by atoms with Crippen LogP contribution in [0.15, 0.2) is 30.6 Å². The van der Waals surface area contributed by atoms with Gasteiger partial charge in [0.25, 0.3) is 5.91 Å². The van der Waals surface area contributed by atoms with E-state index >= 15 is 0 Å². The summed E-state index contributed by atoms with van der Waals surface area (Å²) < 4.78 is 7.55. The zero-order valence-electron chi connectivity index (χ0n) is 10.7. The molecule has 0 aromatic carbocycles. The SMILES string of the molecule is Cn1cccc1C1COCCN1C(=O)c1ccn[nH]1. The first kappa shape index (κ1) is 12.0. The Morgan fingerprint density at radius 2 is 2.42 bits per heavy atom. The summed E-state index contributed by atoms with van der Waals surface area (Å²) in [7, 11) is 1.97. The number of morpholine rings is 1. The molecule has 1 aliphatic heterocycles. The Labute approximate surface area is 111 Å². The Morgan fingerprint density at radius 3 is 3.11 bits per heavy atom. The van der Waals surface area contributed by atoms with Crippen LogP contribution in [0.25, 0.3) is 0 Å². The van der Waals surface area contributed by atoms with Crippen LogP contribution >= 0.6 is 0 Å². The lowest BCUT2D eigenvalue weighted by Gasteiger charge is -2.35. The highest BCUT2D eigenvalue weighted by Gasteiger charge is 2.31. The van der Waals surface area contributed by atoms with Crippen LogP contribution in [0.5, 0.6) is 0 Å². The van der Waals surface area contributed by atoms with E-state index in [1.807, 2.05) is 34.8 Å². The highest BCUT2D eigenvalue weighted by molar-refractivity contribution is 5.92. The van der Waals surface area contributed by atoms with Gasteiger partial charge in [-0.3, -0.25) is 9.89 Å². The second-order valence-electron chi connectivity index (χ2n) is 4.60. The monoisotopic (exact) mass is 260 g/mol. The topological polar surface area (TPSA) is 63.1 Å². The van der Waals surface area contributed by atoms with E-state index in [4.69, 9.17) is 4.74 Å². The number of rotatable bonds is 2. The lowest BCUT2D eigenvalue weighted by Crippen LogP contribution is -2.44. The molecule has 0 aliphatic carbocycles. The number of amides is 1. The Balaban J connectivity index is 1.90. The zero-order valence-corrected chi connectivity index (χ0v) is 10.7. The van der Waals surface area contributed by atoms with Gasteiger partial charge in [0.05, 0.1) is 19.3 Å². The van der Waals surface area contributed by atoms with Gasteiger partial charge in [-0.2, -0.15) is 5.10 Å². The van der Waals surface area contributed by atoms with Crippen LogP contribution in [0.4, 0.5) is 0 Å². The molecule has 1 unspecified atom stereocenters. The molecule has 1 amide bonds. The van der Waals surface area contributed by atoms with Gasteiger partial charge in [-0.15, -0.1) is 0 Å². The number of nitrogens with zero attached hydrogens (tertiary/aromatic N) is 3. The van der Waals surface area contributed by atoms with Gasteiger partial charge in [-0.1, -0.05) is 0 Å². The molecular weight excluding hydrogens is 244 g/mol. The number of aryl methyl sites for hydroxylation is 1. The number of hydrogen-bond acceptors (Lipinski definition) is 3. The summed E-state index contributed by atoms with van der Waals surface area (Å²) in [4.78, 5) is 14.3. The van der Waals surface area contributed by atoms with Crippen molar-refractivity contribution in [1.82, 2.24) is 19.7 Å². The molecule has 100 valence electrons. The molecule has 6 nitrogen and oxygen atoms in total. The smallest absolute Gasteiger partial charge is 0.272 e. The lowest BCUT2D eigenvalue weighted by atomic mass is 10.1. The second-order valence-corrected chi connectivity index (χ2v) is 4.60. The summed E-state index contributed by atoms with van der Waals surface area (Å²) >= 11 is 0. The number of hydrogen-bond donors (Lipinski definition) is 1. The van der Waals surface area contributed by atoms with Crippen molar-refractivity contribution in [2.24, 2.45) is 7.05 Å². The largest absolute Gasteiger partial charge is 0.377 e. The van der Waals surface area contributed by atoms with Crippen LogP contribution in [-0.4, -0.2) is 45.3 Å². The minimum absolute atomic E-state index is 0.0352. The van der Waals surface area contributed by atoms with Crippen LogP contribution in [-0.2, 0) is 11.8 Å². The number of nitrogens with one attached hydrogen (secondary N) is 1. The van der Waals surface area contributed by atoms with Gasteiger partial charge in [-0.25, -0.2) is 0 Å². The molecule has 1 fully saturated rings. The van der Waals surface area contributed by atoms with E-state index in [2.05, 4.69) is 10.2 Å². The summed E-state index contributed by atoms with van der Waals surface area (Å²) in [5.41, 5.74) is 1.59. The Kier molecular flexibility index (Phi) is 3.08. The van der Waals surface area contributed by atoms with E-state index < -0.39 is 0 Å². The van der Waals surface area contributed by atoms with E-state index in [1.165, 1.54) is 0 Å². The predicted octanol–water partition coefficient (Wildman–Crippen LogP) is 0.962. The zero-order chi connectivity index (χ0) is 13.2. The standard InChI is InChI=1S/C13H16N4O2/c1-16-6-2-3-11(16)12-9-19-8-7-17(12)13(18)10-4-5-14-15-10/h2-6,12H,7-9H2,1H3,(H,14,15). The number of aromatic nitrogens is 3. The summed E-state index contributed by atoms with van der Waals surface area (Å²) in [6.07, 6.45) is 3.56. The second kappa shape index (κ2) is 4.89. The molecule has 1 atom stereocenters. The maximum atomic E-state index is 12.5. The first-order valence-electron chi connectivity index (χ1n) is 6.26. The minimum Gasteiger partial charge on any atom is -0.377 e. The molecule has 0 bridgehead atoms. The third-order valence-corrected chi connectivity index (χ3v) is 3.45. The summed E-state index contributed by atoms with van der Waals surface area (Å²) in [6, 6.07) is 5.64. The van der Waals surface area contributed by atoms with Crippen LogP contribution in [0.1, 0.15) is 22.2 Å². The maximum Gasteiger partial charge on any atom is 0.272 e. The van der Waals surface area contributed by atoms with Crippen molar-refractivity contribution in [3.8, 4) is 0 Å². The van der Waals surface area contributed by atoms with Crippen LogP contribution < -0.4 is 0 Å². The molecule has 0 spiro atoms. The lowest BCUT2D eigenvalue weighted by molar-refractivity contribution is -0.00494. The molecule has 0 saturated carbocycles. The molecule has 3 rings (SSSR count). The van der Waals surface area contributed by atoms with Crippen molar-refractivity contribution in [1.29, 1.82) is 0 Å². The van der Waals surface area contributed by atoms with E-state index in [9.17, 15) is 4.79 Å². The molecule has 6 heteroatoms. The van der Waals surface area contributed by atoms with Gasteiger partial charge < -0.3 is 14.2 Å². The van der Waals surface area contributed by atoms with Crippen molar-refractivity contribution in [2.45, 2.75) is 6.04 Å². The van der Waals surface area contributed by atoms with Gasteiger partial charge in [0.2, 0.25) is 0 Å². The van der Waals surface area contributed by atoms with Crippen molar-refractivity contribution in [3.05, 3.63) is 42.0 Å². The quantitative estimate of drug-likeness (QED) is 0.875. The molecule has 2 aromatic rings. The fourth-order valence-corrected chi connectivity index (χ4v) is 2.44. The van der Waals surface area contributed by atoms with Crippen LogP contribution in [0, 0.1) is 0 Å². The number of H-pyrrole nitrogens is 1. The Hall–Kier alpha value is -2.08. The van der Waals surface area contributed by atoms with E-state index in [0.29, 0.717) is 25.5 Å². The summed E-state index contributed by atoms with van der Waals surface area (Å²) in [5.74, 6) is -0.0352. The molecule has 19 heavy (non-hydrogen) atoms. The normalized spacial score (nSPS) is 19.6. The van der Waals surface area contributed by atoms with Gasteiger partial charge in [0.1, 0.15) is 5.69 Å². The maximum absolute atomic E-state index is 12.5. The third kappa shape index (κ3) is 2.15. The fourth-order valence-electron chi connectivity index (χ4n) is 2.44. The molecular formula is C13H16N4O2. The van der Waals surface area contributed by atoms with Crippen molar-refractivity contribution in [2.75, 3.05) is 19.8 Å². The fraction of sp³-hybridized carbons (Fsp3) is 0.385. The van der Waals surface area contributed by atoms with Crippen molar-refractivity contribution >= 4 is 5.91 Å². The first-order chi connectivity index (χ1) is 9.27. The Bertz CT molecular complexity index is 561.